The summed E-state index contributed by atoms with van der Waals surface area (Å²) in [6.07, 6.45) is 1.68. The Hall–Kier alpha value is -1.32. The van der Waals surface area contributed by atoms with Crippen molar-refractivity contribution in [3.8, 4) is 0 Å². The third-order valence-electron chi connectivity index (χ3n) is 1.73. The van der Waals surface area contributed by atoms with Crippen molar-refractivity contribution in [2.75, 3.05) is 6.61 Å². The van der Waals surface area contributed by atoms with Crippen LogP contribution in [0.3, 0.4) is 0 Å². The monoisotopic (exact) mass is 226 g/mol. The molecule has 1 unspecified atom stereocenters. The van der Waals surface area contributed by atoms with Gasteiger partial charge in [0, 0.05) is 0 Å². The number of aliphatic hydroxyl groups is 1. The van der Waals surface area contributed by atoms with Gasteiger partial charge in [-0.1, -0.05) is 36.4 Å². The Morgan fingerprint density at radius 2 is 2.13 bits per heavy atom. The number of esters is 1. The van der Waals surface area contributed by atoms with Crippen LogP contribution < -0.4 is 0 Å². The molecule has 0 amide bonds. The second-order valence-electron chi connectivity index (χ2n) is 2.86. The van der Waals surface area contributed by atoms with Crippen LogP contribution in [0, 0.1) is 0 Å². The van der Waals surface area contributed by atoms with Crippen LogP contribution in [0.25, 0.3) is 6.08 Å². The summed E-state index contributed by atoms with van der Waals surface area (Å²) in [7, 11) is 0. The molecule has 0 spiro atoms. The molecule has 0 radical (unpaired) electrons. The summed E-state index contributed by atoms with van der Waals surface area (Å²) in [5.74, 6) is -0.509. The zero-order valence-electron chi connectivity index (χ0n) is 8.02. The molecule has 0 aliphatic rings. The highest BCUT2D eigenvalue weighted by molar-refractivity contribution is 6.19. The number of alkyl halides is 1. The van der Waals surface area contributed by atoms with Crippen molar-refractivity contribution >= 4 is 23.6 Å². The van der Waals surface area contributed by atoms with Crippen LogP contribution in [0.15, 0.2) is 30.8 Å². The van der Waals surface area contributed by atoms with E-state index < -0.39 is 11.5 Å². The lowest BCUT2D eigenvalue weighted by Gasteiger charge is -2.05. The zero-order valence-corrected chi connectivity index (χ0v) is 8.78. The number of hydrogen-bond acceptors (Lipinski definition) is 3. The van der Waals surface area contributed by atoms with E-state index in [0.717, 1.165) is 5.56 Å². The van der Waals surface area contributed by atoms with E-state index in [2.05, 4.69) is 6.58 Å². The molecule has 0 saturated heterocycles. The van der Waals surface area contributed by atoms with E-state index in [1.165, 1.54) is 0 Å². The topological polar surface area (TPSA) is 46.5 Å². The maximum absolute atomic E-state index is 11.3. The van der Waals surface area contributed by atoms with Gasteiger partial charge in [0.2, 0.25) is 0 Å². The minimum Gasteiger partial charge on any atom is -0.458 e. The number of benzene rings is 1. The summed E-state index contributed by atoms with van der Waals surface area (Å²) in [5.41, 5.74) is 0.170. The normalized spacial score (nSPS) is 11.9. The van der Waals surface area contributed by atoms with Crippen molar-refractivity contribution in [1.29, 1.82) is 0 Å². The quantitative estimate of drug-likeness (QED) is 0.631. The van der Waals surface area contributed by atoms with Crippen molar-refractivity contribution < 1.29 is 14.6 Å². The van der Waals surface area contributed by atoms with Gasteiger partial charge >= 0.3 is 5.97 Å². The Morgan fingerprint density at radius 3 is 2.60 bits per heavy atom. The summed E-state index contributed by atoms with van der Waals surface area (Å²) < 4.78 is 4.72. The average molecular weight is 227 g/mol. The maximum atomic E-state index is 11.3. The summed E-state index contributed by atoms with van der Waals surface area (Å²) in [6.45, 7) is 3.38. The molecule has 1 aromatic rings. The van der Waals surface area contributed by atoms with Gasteiger partial charge in [-0.15, -0.1) is 0 Å². The lowest BCUT2D eigenvalue weighted by atomic mass is 10.1. The van der Waals surface area contributed by atoms with Crippen LogP contribution in [-0.2, 0) is 4.74 Å². The number of ether oxygens (including phenoxy) is 1. The van der Waals surface area contributed by atoms with E-state index in [0.29, 0.717) is 5.56 Å². The van der Waals surface area contributed by atoms with Crippen LogP contribution in [0.5, 0.6) is 0 Å². The smallest absolute Gasteiger partial charge is 0.338 e. The number of aliphatic hydroxyl groups excluding tert-OH is 1. The van der Waals surface area contributed by atoms with Gasteiger partial charge in [0.05, 0.1) is 5.56 Å². The largest absolute Gasteiger partial charge is 0.458 e. The second kappa shape index (κ2) is 5.53. The van der Waals surface area contributed by atoms with Crippen molar-refractivity contribution in [2.24, 2.45) is 0 Å². The molecule has 0 aliphatic heterocycles. The van der Waals surface area contributed by atoms with Gasteiger partial charge in [-0.05, 0) is 17.7 Å². The summed E-state index contributed by atoms with van der Waals surface area (Å²) in [6, 6.07) is 6.75. The van der Waals surface area contributed by atoms with E-state index in [9.17, 15) is 4.79 Å². The number of hydrogen-bond donors (Lipinski definition) is 1. The fraction of sp³-hybridized carbons (Fsp3) is 0.182. The summed E-state index contributed by atoms with van der Waals surface area (Å²) in [5, 5.41) is 8.71. The molecule has 0 aliphatic carbocycles. The fourth-order valence-corrected chi connectivity index (χ4v) is 1.05. The fourth-order valence-electron chi connectivity index (χ4n) is 0.983. The molecular weight excluding hydrogens is 216 g/mol. The Labute approximate surface area is 92.9 Å². The van der Waals surface area contributed by atoms with Crippen molar-refractivity contribution in [1.82, 2.24) is 0 Å². The Balaban J connectivity index is 2.62. The molecule has 0 heterocycles. The first-order valence-electron chi connectivity index (χ1n) is 4.35. The molecule has 0 fully saturated rings. The lowest BCUT2D eigenvalue weighted by Crippen LogP contribution is -2.13. The number of halogens is 1. The van der Waals surface area contributed by atoms with E-state index in [1.807, 2.05) is 0 Å². The molecule has 1 N–H and O–H groups in total. The minimum atomic E-state index is -1.17. The van der Waals surface area contributed by atoms with Crippen molar-refractivity contribution in [2.45, 2.75) is 5.56 Å². The van der Waals surface area contributed by atoms with Gasteiger partial charge in [0.15, 0.2) is 5.56 Å². The van der Waals surface area contributed by atoms with E-state index >= 15 is 0 Å². The van der Waals surface area contributed by atoms with Crippen LogP contribution >= 0.6 is 11.6 Å². The first-order chi connectivity index (χ1) is 7.13. The minimum absolute atomic E-state index is 0.219. The van der Waals surface area contributed by atoms with Crippen molar-refractivity contribution in [3.63, 3.8) is 0 Å². The highest BCUT2D eigenvalue weighted by atomic mass is 35.5. The van der Waals surface area contributed by atoms with E-state index in [1.54, 1.807) is 30.3 Å². The summed E-state index contributed by atoms with van der Waals surface area (Å²) >= 11 is 5.22. The third-order valence-corrected chi connectivity index (χ3v) is 1.86. The molecular formula is C11H11ClO3. The predicted molar refractivity (Wildman–Crippen MR) is 58.7 cm³/mol. The Morgan fingerprint density at radius 1 is 1.53 bits per heavy atom. The molecule has 4 heteroatoms. The highest BCUT2D eigenvalue weighted by Gasteiger charge is 2.08. The molecule has 3 nitrogen and oxygen atoms in total. The highest BCUT2D eigenvalue weighted by Crippen LogP contribution is 2.07. The Kier molecular flexibility index (Phi) is 4.34. The molecule has 1 aromatic carbocycles. The second-order valence-corrected chi connectivity index (χ2v) is 3.36. The number of carbonyl (C=O) groups excluding carboxylic acids is 1. The van der Waals surface area contributed by atoms with Crippen LogP contribution in [0.1, 0.15) is 15.9 Å². The molecule has 15 heavy (non-hydrogen) atoms. The van der Waals surface area contributed by atoms with E-state index in [4.69, 9.17) is 21.4 Å². The third kappa shape index (κ3) is 3.73. The predicted octanol–water partition coefficient (Wildman–Crippen LogP) is 2.04. The number of carbonyl (C=O) groups is 1. The van der Waals surface area contributed by atoms with Crippen LogP contribution in [0.4, 0.5) is 0 Å². The van der Waals surface area contributed by atoms with Gasteiger partial charge in [-0.3, -0.25) is 0 Å². The molecule has 0 bridgehead atoms. The molecule has 1 rings (SSSR count). The van der Waals surface area contributed by atoms with Gasteiger partial charge in [-0.2, -0.15) is 0 Å². The van der Waals surface area contributed by atoms with Gasteiger partial charge < -0.3 is 9.84 Å². The van der Waals surface area contributed by atoms with Crippen LogP contribution in [0.2, 0.25) is 0 Å². The molecule has 1 atom stereocenters. The van der Waals surface area contributed by atoms with Gasteiger partial charge in [-0.25, -0.2) is 4.79 Å². The summed E-state index contributed by atoms with van der Waals surface area (Å²) in [4.78, 5) is 11.3. The molecule has 0 aromatic heterocycles. The average Bonchev–Trinajstić information content (AvgIpc) is 2.26. The zero-order chi connectivity index (χ0) is 11.3. The van der Waals surface area contributed by atoms with Crippen LogP contribution in [-0.4, -0.2) is 23.2 Å². The van der Waals surface area contributed by atoms with Crippen molar-refractivity contribution in [3.05, 3.63) is 42.0 Å². The van der Waals surface area contributed by atoms with E-state index in [-0.39, 0.29) is 6.61 Å². The maximum Gasteiger partial charge on any atom is 0.338 e. The van der Waals surface area contributed by atoms with Gasteiger partial charge in [0.25, 0.3) is 0 Å². The lowest BCUT2D eigenvalue weighted by molar-refractivity contribution is 0.0388. The Bertz CT molecular complexity index is 343. The molecule has 80 valence electrons. The number of rotatable bonds is 4. The first kappa shape index (κ1) is 11.8. The molecule has 0 saturated carbocycles. The standard InChI is InChI=1S/C11H11ClO3/c1-2-8-3-5-9(6-4-8)11(14)15-7-10(12)13/h2-6,10,13H,1,7H2. The SMILES string of the molecule is C=Cc1ccc(C(=O)OCC(O)Cl)cc1. The van der Waals surface area contributed by atoms with Gasteiger partial charge in [0.1, 0.15) is 6.61 Å². The first-order valence-corrected chi connectivity index (χ1v) is 4.79.